The molecule has 0 aliphatic heterocycles. The van der Waals surface area contributed by atoms with Gasteiger partial charge in [-0.1, -0.05) is 73.7 Å². The smallest absolute Gasteiger partial charge is 0.243 e. The molecule has 0 saturated heterocycles. The van der Waals surface area contributed by atoms with E-state index in [9.17, 15) is 14.0 Å². The van der Waals surface area contributed by atoms with Gasteiger partial charge in [0, 0.05) is 28.4 Å². The van der Waals surface area contributed by atoms with Crippen LogP contribution in [0.3, 0.4) is 0 Å². The topological polar surface area (TPSA) is 49.4 Å². The van der Waals surface area contributed by atoms with Crippen molar-refractivity contribution in [2.75, 3.05) is 5.75 Å². The zero-order chi connectivity index (χ0) is 24.5. The van der Waals surface area contributed by atoms with Crippen LogP contribution in [0, 0.1) is 5.82 Å². The third kappa shape index (κ3) is 7.62. The predicted octanol–water partition coefficient (Wildman–Crippen LogP) is 6.62. The van der Waals surface area contributed by atoms with Crippen molar-refractivity contribution in [1.82, 2.24) is 10.2 Å². The van der Waals surface area contributed by atoms with Crippen LogP contribution < -0.4 is 5.32 Å². The summed E-state index contributed by atoms with van der Waals surface area (Å²) in [5.74, 6) is -0.0957. The van der Waals surface area contributed by atoms with E-state index < -0.39 is 6.04 Å². The van der Waals surface area contributed by atoms with Crippen molar-refractivity contribution in [2.45, 2.75) is 69.8 Å². The standard InChI is InChI=1S/C26H31Cl2FN2O2S/c1-2-24(26(33)30-21-9-4-3-5-10-21)31(15-18-12-13-20(27)14-22(18)28)25(32)17-34-16-19-8-6-7-11-23(19)29/h6-8,11-14,21,24H,2-5,9-10,15-17H2,1H3,(H,30,33)/t24-/m1/s1. The van der Waals surface area contributed by atoms with Crippen molar-refractivity contribution in [3.8, 4) is 0 Å². The van der Waals surface area contributed by atoms with Gasteiger partial charge < -0.3 is 10.2 Å². The average molecular weight is 526 g/mol. The first-order valence-corrected chi connectivity index (χ1v) is 13.6. The summed E-state index contributed by atoms with van der Waals surface area (Å²) in [6.07, 6.45) is 5.83. The molecule has 0 bridgehead atoms. The van der Waals surface area contributed by atoms with Crippen LogP contribution in [0.15, 0.2) is 42.5 Å². The maximum atomic E-state index is 14.0. The first kappa shape index (κ1) is 26.8. The molecule has 0 heterocycles. The van der Waals surface area contributed by atoms with Crippen molar-refractivity contribution in [3.63, 3.8) is 0 Å². The van der Waals surface area contributed by atoms with Gasteiger partial charge in [-0.05, 0) is 48.6 Å². The second-order valence-electron chi connectivity index (χ2n) is 8.61. The quantitative estimate of drug-likeness (QED) is 0.379. The Bertz CT molecular complexity index is 985. The molecule has 34 heavy (non-hydrogen) atoms. The highest BCUT2D eigenvalue weighted by atomic mass is 35.5. The van der Waals surface area contributed by atoms with Gasteiger partial charge in [-0.2, -0.15) is 0 Å². The molecule has 1 atom stereocenters. The van der Waals surface area contributed by atoms with Crippen LogP contribution in [0.2, 0.25) is 10.0 Å². The van der Waals surface area contributed by atoms with Crippen LogP contribution in [0.1, 0.15) is 56.6 Å². The first-order chi connectivity index (χ1) is 16.4. The summed E-state index contributed by atoms with van der Waals surface area (Å²) in [6, 6.07) is 11.2. The Hall–Kier alpha value is -1.76. The van der Waals surface area contributed by atoms with Gasteiger partial charge in [0.25, 0.3) is 0 Å². The minimum atomic E-state index is -0.616. The van der Waals surface area contributed by atoms with Crippen molar-refractivity contribution in [3.05, 3.63) is 69.5 Å². The molecule has 1 aliphatic rings. The van der Waals surface area contributed by atoms with E-state index in [1.165, 1.54) is 24.2 Å². The summed E-state index contributed by atoms with van der Waals surface area (Å²) in [6.45, 7) is 2.10. The summed E-state index contributed by atoms with van der Waals surface area (Å²) in [5, 5.41) is 4.12. The summed E-state index contributed by atoms with van der Waals surface area (Å²) < 4.78 is 14.0. The van der Waals surface area contributed by atoms with Crippen LogP contribution in [-0.4, -0.2) is 34.6 Å². The number of halogens is 3. The summed E-state index contributed by atoms with van der Waals surface area (Å²) in [7, 11) is 0. The van der Waals surface area contributed by atoms with E-state index in [0.717, 1.165) is 31.2 Å². The Labute approximate surface area is 215 Å². The number of nitrogens with zero attached hydrogens (tertiary/aromatic N) is 1. The highest BCUT2D eigenvalue weighted by molar-refractivity contribution is 7.99. The molecule has 4 nitrogen and oxygen atoms in total. The van der Waals surface area contributed by atoms with Gasteiger partial charge in [0.15, 0.2) is 0 Å². The Kier molecular flexibility index (Phi) is 10.5. The molecule has 3 rings (SSSR count). The van der Waals surface area contributed by atoms with E-state index in [1.807, 2.05) is 6.92 Å². The SMILES string of the molecule is CC[C@H](C(=O)NC1CCCCC1)N(Cc1ccc(Cl)cc1Cl)C(=O)CSCc1ccccc1F. The van der Waals surface area contributed by atoms with Crippen LogP contribution in [-0.2, 0) is 21.9 Å². The molecule has 8 heteroatoms. The van der Waals surface area contributed by atoms with Crippen molar-refractivity contribution in [1.29, 1.82) is 0 Å². The van der Waals surface area contributed by atoms with Crippen molar-refractivity contribution < 1.29 is 14.0 Å². The minimum Gasteiger partial charge on any atom is -0.352 e. The summed E-state index contributed by atoms with van der Waals surface area (Å²) in [4.78, 5) is 28.2. The Balaban J connectivity index is 1.74. The normalized spacial score (nSPS) is 15.1. The third-order valence-corrected chi connectivity index (χ3v) is 7.69. The number of rotatable bonds is 10. The lowest BCUT2D eigenvalue weighted by atomic mass is 9.95. The van der Waals surface area contributed by atoms with E-state index in [2.05, 4.69) is 5.32 Å². The number of benzene rings is 2. The monoisotopic (exact) mass is 524 g/mol. The molecule has 184 valence electrons. The second-order valence-corrected chi connectivity index (χ2v) is 10.4. The van der Waals surface area contributed by atoms with Gasteiger partial charge in [-0.25, -0.2) is 4.39 Å². The average Bonchev–Trinajstić information content (AvgIpc) is 2.82. The number of hydrogen-bond acceptors (Lipinski definition) is 3. The molecule has 2 amide bonds. The fraction of sp³-hybridized carbons (Fsp3) is 0.462. The predicted molar refractivity (Wildman–Crippen MR) is 139 cm³/mol. The molecule has 1 fully saturated rings. The number of hydrogen-bond donors (Lipinski definition) is 1. The fourth-order valence-electron chi connectivity index (χ4n) is 4.24. The first-order valence-electron chi connectivity index (χ1n) is 11.7. The zero-order valence-electron chi connectivity index (χ0n) is 19.4. The lowest BCUT2D eigenvalue weighted by Crippen LogP contribution is -2.52. The van der Waals surface area contributed by atoms with Crippen LogP contribution in [0.25, 0.3) is 0 Å². The molecular formula is C26H31Cl2FN2O2S. The summed E-state index contributed by atoms with van der Waals surface area (Å²) >= 11 is 13.8. The lowest BCUT2D eigenvalue weighted by molar-refractivity contribution is -0.139. The van der Waals surface area contributed by atoms with E-state index >= 15 is 0 Å². The van der Waals surface area contributed by atoms with Gasteiger partial charge in [-0.3, -0.25) is 9.59 Å². The van der Waals surface area contributed by atoms with E-state index in [4.69, 9.17) is 23.2 Å². The third-order valence-electron chi connectivity index (χ3n) is 6.13. The molecule has 1 N–H and O–H groups in total. The molecule has 0 aromatic heterocycles. The number of carbonyl (C=O) groups is 2. The van der Waals surface area contributed by atoms with Crippen LogP contribution >= 0.6 is 35.0 Å². The van der Waals surface area contributed by atoms with Crippen molar-refractivity contribution in [2.24, 2.45) is 0 Å². The van der Waals surface area contributed by atoms with Gasteiger partial charge in [0.05, 0.1) is 5.75 Å². The van der Waals surface area contributed by atoms with Gasteiger partial charge in [0.2, 0.25) is 11.8 Å². The van der Waals surface area contributed by atoms with Crippen LogP contribution in [0.4, 0.5) is 4.39 Å². The molecule has 0 spiro atoms. The fourth-order valence-corrected chi connectivity index (χ4v) is 5.61. The Morgan fingerprint density at radius 2 is 1.85 bits per heavy atom. The van der Waals surface area contributed by atoms with Crippen molar-refractivity contribution >= 4 is 46.8 Å². The van der Waals surface area contributed by atoms with Gasteiger partial charge in [0.1, 0.15) is 11.9 Å². The Morgan fingerprint density at radius 3 is 2.53 bits per heavy atom. The molecule has 0 radical (unpaired) electrons. The highest BCUT2D eigenvalue weighted by Crippen LogP contribution is 2.25. The minimum absolute atomic E-state index is 0.132. The van der Waals surface area contributed by atoms with Gasteiger partial charge >= 0.3 is 0 Å². The molecule has 2 aromatic carbocycles. The maximum Gasteiger partial charge on any atom is 0.243 e. The highest BCUT2D eigenvalue weighted by Gasteiger charge is 2.30. The largest absolute Gasteiger partial charge is 0.352 e. The number of carbonyl (C=O) groups excluding carboxylic acids is 2. The number of thioether (sulfide) groups is 1. The second kappa shape index (κ2) is 13.4. The maximum absolute atomic E-state index is 14.0. The molecule has 1 saturated carbocycles. The van der Waals surface area contributed by atoms with Crippen LogP contribution in [0.5, 0.6) is 0 Å². The number of nitrogens with one attached hydrogen (secondary N) is 1. The molecule has 2 aromatic rings. The molecular weight excluding hydrogens is 494 g/mol. The van der Waals surface area contributed by atoms with Gasteiger partial charge in [-0.15, -0.1) is 11.8 Å². The van der Waals surface area contributed by atoms with E-state index in [0.29, 0.717) is 27.8 Å². The summed E-state index contributed by atoms with van der Waals surface area (Å²) in [5.41, 5.74) is 1.28. The zero-order valence-corrected chi connectivity index (χ0v) is 21.7. The van der Waals surface area contributed by atoms with E-state index in [1.54, 1.807) is 41.3 Å². The number of amides is 2. The molecule has 1 aliphatic carbocycles. The van der Waals surface area contributed by atoms with E-state index in [-0.39, 0.29) is 36.0 Å². The molecule has 0 unspecified atom stereocenters. The Morgan fingerprint density at radius 1 is 1.12 bits per heavy atom. The lowest BCUT2D eigenvalue weighted by Gasteiger charge is -2.33.